The van der Waals surface area contributed by atoms with Crippen LogP contribution in [0.2, 0.25) is 0 Å². The summed E-state index contributed by atoms with van der Waals surface area (Å²) in [4.78, 5) is 80.3. The molecule has 4 aromatic rings. The minimum Gasteiger partial charge on any atom is -0.384 e. The van der Waals surface area contributed by atoms with Gasteiger partial charge >= 0.3 is 0 Å². The van der Waals surface area contributed by atoms with E-state index in [4.69, 9.17) is 5.73 Å². The van der Waals surface area contributed by atoms with Crippen LogP contribution < -0.4 is 16.4 Å². The van der Waals surface area contributed by atoms with E-state index in [9.17, 15) is 39.2 Å². The van der Waals surface area contributed by atoms with Gasteiger partial charge < -0.3 is 26.4 Å². The topological polar surface area (TPSA) is 233 Å². The molecule has 5 N–H and O–H groups in total. The molecule has 1 aliphatic heterocycles. The lowest BCUT2D eigenvalue weighted by Gasteiger charge is -2.32. The highest BCUT2D eigenvalue weighted by Crippen LogP contribution is 2.34. The van der Waals surface area contributed by atoms with Gasteiger partial charge in [0, 0.05) is 37.1 Å². The maximum atomic E-state index is 14.9. The Labute approximate surface area is 322 Å². The summed E-state index contributed by atoms with van der Waals surface area (Å²) >= 11 is 0. The number of rotatable bonds is 14. The fourth-order valence-corrected chi connectivity index (χ4v) is 7.82. The number of benzene rings is 3. The first-order chi connectivity index (χ1) is 26.7. The van der Waals surface area contributed by atoms with Gasteiger partial charge in [-0.3, -0.25) is 34.1 Å². The number of amides is 4. The SMILES string of the molecule is CC(C)(O)c1cnnn1[C@H]1C[C@@H](C(=O)NC(Cc2ccc([N+](=O)[O-])cc2)C(=O)C(N)=O)N(C(=O)[C@@H](CC2CCCCC2)NC(=O)c2ccc3ccccc3c2)C1. The van der Waals surface area contributed by atoms with Crippen molar-refractivity contribution in [3.05, 3.63) is 99.9 Å². The molecule has 1 saturated heterocycles. The van der Waals surface area contributed by atoms with Gasteiger partial charge in [-0.1, -0.05) is 79.8 Å². The molecule has 6 rings (SSSR count). The molecule has 16 heteroatoms. The Bertz CT molecular complexity index is 2120. The zero-order valence-corrected chi connectivity index (χ0v) is 31.3. The van der Waals surface area contributed by atoms with Crippen molar-refractivity contribution in [3.63, 3.8) is 0 Å². The Morgan fingerprint density at radius 1 is 0.964 bits per heavy atom. The monoisotopic (exact) mass is 766 g/mol. The minimum atomic E-state index is -1.46. The third-order valence-electron chi connectivity index (χ3n) is 10.8. The summed E-state index contributed by atoms with van der Waals surface area (Å²) in [6.07, 6.45) is 6.37. The van der Waals surface area contributed by atoms with Crippen LogP contribution in [0.3, 0.4) is 0 Å². The van der Waals surface area contributed by atoms with Gasteiger partial charge in [-0.25, -0.2) is 4.68 Å². The number of Topliss-reactive ketones (excluding diaryl/α,β-unsaturated/α-hetero) is 1. The Morgan fingerprint density at radius 2 is 1.66 bits per heavy atom. The predicted molar refractivity (Wildman–Crippen MR) is 204 cm³/mol. The van der Waals surface area contributed by atoms with Crippen molar-refractivity contribution in [2.45, 2.75) is 95.0 Å². The first kappa shape index (κ1) is 39.7. The second-order valence-corrected chi connectivity index (χ2v) is 15.3. The molecule has 4 amide bonds. The quantitative estimate of drug-likeness (QED) is 0.0831. The first-order valence-corrected chi connectivity index (χ1v) is 18.8. The number of aliphatic hydroxyl groups is 1. The number of hydrogen-bond donors (Lipinski definition) is 4. The van der Waals surface area contributed by atoms with E-state index >= 15 is 0 Å². The van der Waals surface area contributed by atoms with E-state index in [0.717, 1.165) is 42.9 Å². The molecule has 56 heavy (non-hydrogen) atoms. The lowest BCUT2D eigenvalue weighted by atomic mass is 9.84. The molecule has 1 aromatic heterocycles. The third kappa shape index (κ3) is 9.08. The number of likely N-dealkylation sites (tertiary alicyclic amines) is 1. The van der Waals surface area contributed by atoms with Crippen molar-refractivity contribution < 1.29 is 34.0 Å². The number of fused-ring (bicyclic) bond motifs is 1. The van der Waals surface area contributed by atoms with Crippen molar-refractivity contribution >= 4 is 45.9 Å². The fraction of sp³-hybridized carbons (Fsp3) is 0.425. The normalized spacial score (nSPS) is 18.6. The van der Waals surface area contributed by atoms with Crippen LogP contribution in [-0.2, 0) is 31.2 Å². The summed E-state index contributed by atoms with van der Waals surface area (Å²) in [5.41, 5.74) is 4.95. The Kier molecular flexibility index (Phi) is 11.9. The second kappa shape index (κ2) is 16.8. The molecule has 3 aromatic carbocycles. The summed E-state index contributed by atoms with van der Waals surface area (Å²) in [5.74, 6) is -3.96. The van der Waals surface area contributed by atoms with Crippen molar-refractivity contribution in [2.24, 2.45) is 11.7 Å². The Hall–Kier alpha value is -6.03. The lowest BCUT2D eigenvalue weighted by Crippen LogP contribution is -2.56. The molecule has 0 bridgehead atoms. The van der Waals surface area contributed by atoms with Crippen molar-refractivity contribution in [1.82, 2.24) is 30.5 Å². The minimum absolute atomic E-state index is 0.00615. The van der Waals surface area contributed by atoms with E-state index in [2.05, 4.69) is 20.9 Å². The van der Waals surface area contributed by atoms with Crippen LogP contribution in [0.5, 0.6) is 0 Å². The number of primary amides is 1. The number of carbonyl (C=O) groups excluding carboxylic acids is 5. The van der Waals surface area contributed by atoms with Gasteiger partial charge in [0.1, 0.15) is 23.7 Å². The molecule has 0 radical (unpaired) electrons. The van der Waals surface area contributed by atoms with Crippen molar-refractivity contribution in [3.8, 4) is 0 Å². The zero-order valence-electron chi connectivity index (χ0n) is 31.3. The molecule has 2 heterocycles. The molecule has 1 aliphatic carbocycles. The van der Waals surface area contributed by atoms with Crippen LogP contribution in [0.1, 0.15) is 86.5 Å². The summed E-state index contributed by atoms with van der Waals surface area (Å²) in [6, 6.07) is 13.9. The van der Waals surface area contributed by atoms with Crippen LogP contribution in [0.15, 0.2) is 72.9 Å². The predicted octanol–water partition coefficient (Wildman–Crippen LogP) is 3.26. The molecular formula is C40H46N8O8. The first-order valence-electron chi connectivity index (χ1n) is 18.8. The number of nitrogens with one attached hydrogen (secondary N) is 2. The number of hydrogen-bond acceptors (Lipinski definition) is 10. The second-order valence-electron chi connectivity index (χ2n) is 15.3. The summed E-state index contributed by atoms with van der Waals surface area (Å²) in [6.45, 7) is 3.07. The average molecular weight is 767 g/mol. The number of carbonyl (C=O) groups is 5. The van der Waals surface area contributed by atoms with Crippen LogP contribution in [0, 0.1) is 16.0 Å². The number of nitro benzene ring substituents is 1. The molecule has 2 aliphatic rings. The van der Waals surface area contributed by atoms with Crippen LogP contribution in [0.4, 0.5) is 5.69 Å². The van der Waals surface area contributed by atoms with Gasteiger partial charge in [0.15, 0.2) is 0 Å². The number of nitro groups is 1. The molecule has 2 fully saturated rings. The zero-order chi connectivity index (χ0) is 40.1. The fourth-order valence-electron chi connectivity index (χ4n) is 7.82. The maximum absolute atomic E-state index is 14.9. The molecule has 0 spiro atoms. The van der Waals surface area contributed by atoms with Gasteiger partial charge in [0.25, 0.3) is 17.5 Å². The third-order valence-corrected chi connectivity index (χ3v) is 10.8. The van der Waals surface area contributed by atoms with Gasteiger partial charge in [-0.15, -0.1) is 5.10 Å². The molecule has 16 nitrogen and oxygen atoms in total. The molecule has 1 saturated carbocycles. The number of nitrogens with two attached hydrogens (primary N) is 1. The van der Waals surface area contributed by atoms with E-state index in [-0.39, 0.29) is 31.0 Å². The molecule has 1 unspecified atom stereocenters. The average Bonchev–Trinajstić information content (AvgIpc) is 3.86. The maximum Gasteiger partial charge on any atom is 0.287 e. The standard InChI is InChI=1S/C40H46N8O8/c1-40(2,54)34-22-42-45-47(34)30-21-33(38(52)43-31(35(49)36(41)50)18-25-12-16-29(17-13-25)48(55)56)46(23-30)39(53)32(19-24-8-4-3-5-9-24)44-37(51)28-15-14-26-10-6-7-11-27(26)20-28/h6-7,10-17,20,22,24,30-33,54H,3-5,8-9,18-19,21,23H2,1-2H3,(H2,41,50)(H,43,52)(H,44,51)/t30-,31?,32+,33-/m0/s1. The highest BCUT2D eigenvalue weighted by atomic mass is 16.6. The van der Waals surface area contributed by atoms with Crippen LogP contribution in [-0.4, -0.2) is 84.0 Å². The molecule has 294 valence electrons. The van der Waals surface area contributed by atoms with E-state index in [1.54, 1.807) is 26.0 Å². The number of nitrogens with zero attached hydrogens (tertiary/aromatic N) is 5. The smallest absolute Gasteiger partial charge is 0.287 e. The lowest BCUT2D eigenvalue weighted by molar-refractivity contribution is -0.384. The summed E-state index contributed by atoms with van der Waals surface area (Å²) in [5, 5.41) is 37.7. The number of aromatic nitrogens is 3. The van der Waals surface area contributed by atoms with Gasteiger partial charge in [-0.05, 0) is 54.7 Å². The van der Waals surface area contributed by atoms with E-state index < -0.39 is 64.1 Å². The van der Waals surface area contributed by atoms with Gasteiger partial charge in [-0.2, -0.15) is 0 Å². The Morgan fingerprint density at radius 3 is 2.32 bits per heavy atom. The van der Waals surface area contributed by atoms with E-state index in [0.29, 0.717) is 23.2 Å². The number of ketones is 1. The van der Waals surface area contributed by atoms with Crippen molar-refractivity contribution in [2.75, 3.05) is 6.54 Å². The summed E-state index contributed by atoms with van der Waals surface area (Å²) in [7, 11) is 0. The molecular weight excluding hydrogens is 720 g/mol. The van der Waals surface area contributed by atoms with Crippen molar-refractivity contribution in [1.29, 1.82) is 0 Å². The Balaban J connectivity index is 1.32. The van der Waals surface area contributed by atoms with E-state index in [1.807, 2.05) is 30.3 Å². The van der Waals surface area contributed by atoms with Crippen LogP contribution >= 0.6 is 0 Å². The number of non-ortho nitro benzene ring substituents is 1. The molecule has 4 atom stereocenters. The highest BCUT2D eigenvalue weighted by Gasteiger charge is 2.45. The van der Waals surface area contributed by atoms with Crippen LogP contribution in [0.25, 0.3) is 10.8 Å². The van der Waals surface area contributed by atoms with E-state index in [1.165, 1.54) is 40.0 Å². The summed E-state index contributed by atoms with van der Waals surface area (Å²) < 4.78 is 1.47. The van der Waals surface area contributed by atoms with Gasteiger partial charge in [0.05, 0.1) is 22.9 Å². The van der Waals surface area contributed by atoms with Gasteiger partial charge in [0.2, 0.25) is 17.6 Å². The highest BCUT2D eigenvalue weighted by molar-refractivity contribution is 6.38. The largest absolute Gasteiger partial charge is 0.384 e.